The molecule has 0 fully saturated rings. The molecule has 3 N–H and O–H groups in total. The van der Waals surface area contributed by atoms with Gasteiger partial charge in [-0.25, -0.2) is 8.42 Å². The Morgan fingerprint density at radius 2 is 1.68 bits per heavy atom. The van der Waals surface area contributed by atoms with E-state index in [1.807, 2.05) is 10.9 Å². The molecule has 0 bridgehead atoms. The predicted octanol–water partition coefficient (Wildman–Crippen LogP) is 0.110. The van der Waals surface area contributed by atoms with Gasteiger partial charge in [0.05, 0.1) is 30.0 Å². The summed E-state index contributed by atoms with van der Waals surface area (Å²) in [4.78, 5) is 46.4. The lowest BCUT2D eigenvalue weighted by Crippen LogP contribution is -2.49. The molecule has 0 aliphatic heterocycles. The van der Waals surface area contributed by atoms with Gasteiger partial charge in [-0.15, -0.1) is 0 Å². The number of aryl methyl sites for hydroxylation is 1. The van der Waals surface area contributed by atoms with Gasteiger partial charge in [0.25, 0.3) is 17.7 Å². The molecule has 0 aliphatic carbocycles. The van der Waals surface area contributed by atoms with E-state index < -0.39 is 51.4 Å². The number of hydrogen-bond acceptors (Lipinski definition) is 8. The standard InChI is InChI=1S/C20H23N5O8S/c1-13-4-7-15(8-5-13)34(31,32)24(2)12-19(27)23-22-18(26)11-21-20(28)14-6-9-17(33-3)16(10-14)25(29)30/h4-10H,11-12H2,1-3H3,(H,21,28)(H,22,26)(H,23,27). The molecule has 14 heteroatoms. The molecule has 3 amide bonds. The van der Waals surface area contributed by atoms with Gasteiger partial charge in [-0.1, -0.05) is 17.7 Å². The number of carbonyl (C=O) groups excluding carboxylic acids is 3. The molecule has 0 saturated heterocycles. The molecular formula is C20H23N5O8S. The van der Waals surface area contributed by atoms with Crippen LogP contribution in [-0.4, -0.2) is 62.6 Å². The van der Waals surface area contributed by atoms with Gasteiger partial charge in [-0.2, -0.15) is 4.31 Å². The topological polar surface area (TPSA) is 177 Å². The first-order valence-corrected chi connectivity index (χ1v) is 11.1. The smallest absolute Gasteiger partial charge is 0.311 e. The molecular weight excluding hydrogens is 470 g/mol. The number of carbonyl (C=O) groups is 3. The zero-order valence-corrected chi connectivity index (χ0v) is 19.3. The molecule has 2 aromatic rings. The van der Waals surface area contributed by atoms with Gasteiger partial charge in [0, 0.05) is 18.7 Å². The molecule has 0 radical (unpaired) electrons. The van der Waals surface area contributed by atoms with E-state index in [1.54, 1.807) is 19.1 Å². The lowest BCUT2D eigenvalue weighted by atomic mass is 10.1. The van der Waals surface area contributed by atoms with Crippen LogP contribution in [0, 0.1) is 17.0 Å². The molecule has 0 saturated carbocycles. The maximum absolute atomic E-state index is 12.5. The van der Waals surface area contributed by atoms with Crippen molar-refractivity contribution in [2.75, 3.05) is 27.2 Å². The average Bonchev–Trinajstić information content (AvgIpc) is 2.80. The van der Waals surface area contributed by atoms with Gasteiger partial charge in [0.15, 0.2) is 5.75 Å². The Hall–Kier alpha value is -4.04. The summed E-state index contributed by atoms with van der Waals surface area (Å²) in [5.74, 6) is -2.43. The van der Waals surface area contributed by atoms with Crippen molar-refractivity contribution in [2.45, 2.75) is 11.8 Å². The van der Waals surface area contributed by atoms with Gasteiger partial charge in [-0.3, -0.25) is 35.3 Å². The van der Waals surface area contributed by atoms with Crippen LogP contribution in [0.3, 0.4) is 0 Å². The Labute approximate surface area is 195 Å². The summed E-state index contributed by atoms with van der Waals surface area (Å²) in [7, 11) is -1.45. The summed E-state index contributed by atoms with van der Waals surface area (Å²) >= 11 is 0. The van der Waals surface area contributed by atoms with E-state index >= 15 is 0 Å². The molecule has 182 valence electrons. The third kappa shape index (κ3) is 6.73. The number of nitrogens with one attached hydrogen (secondary N) is 3. The van der Waals surface area contributed by atoms with Crippen molar-refractivity contribution in [3.63, 3.8) is 0 Å². The second-order valence-corrected chi connectivity index (χ2v) is 9.04. The molecule has 2 rings (SSSR count). The minimum absolute atomic E-state index is 0.0129. The van der Waals surface area contributed by atoms with Crippen molar-refractivity contribution >= 4 is 33.4 Å². The number of hydrazine groups is 1. The summed E-state index contributed by atoms with van der Waals surface area (Å²) in [6.07, 6.45) is 0. The summed E-state index contributed by atoms with van der Waals surface area (Å²) in [6, 6.07) is 9.61. The van der Waals surface area contributed by atoms with Crippen molar-refractivity contribution in [1.82, 2.24) is 20.5 Å². The maximum atomic E-state index is 12.5. The summed E-state index contributed by atoms with van der Waals surface area (Å²) in [6.45, 7) is 0.675. The minimum Gasteiger partial charge on any atom is -0.490 e. The second-order valence-electron chi connectivity index (χ2n) is 7.00. The van der Waals surface area contributed by atoms with Crippen LogP contribution in [0.25, 0.3) is 0 Å². The zero-order chi connectivity index (χ0) is 25.5. The SMILES string of the molecule is COc1ccc(C(=O)NCC(=O)NNC(=O)CN(C)S(=O)(=O)c2ccc(C)cc2)cc1[N+](=O)[O-]. The Balaban J connectivity index is 1.85. The molecule has 0 aliphatic rings. The number of rotatable bonds is 9. The average molecular weight is 493 g/mol. The van der Waals surface area contributed by atoms with E-state index in [9.17, 15) is 32.9 Å². The van der Waals surface area contributed by atoms with Crippen LogP contribution in [0.15, 0.2) is 47.4 Å². The monoisotopic (exact) mass is 493 g/mol. The van der Waals surface area contributed by atoms with E-state index in [0.29, 0.717) is 0 Å². The van der Waals surface area contributed by atoms with Crippen molar-refractivity contribution in [3.05, 3.63) is 63.7 Å². The van der Waals surface area contributed by atoms with Crippen molar-refractivity contribution in [3.8, 4) is 5.75 Å². The van der Waals surface area contributed by atoms with Crippen LogP contribution in [0.5, 0.6) is 5.75 Å². The first-order valence-electron chi connectivity index (χ1n) is 9.67. The van der Waals surface area contributed by atoms with Crippen molar-refractivity contribution < 1.29 is 32.5 Å². The molecule has 13 nitrogen and oxygen atoms in total. The van der Waals surface area contributed by atoms with Crippen molar-refractivity contribution in [1.29, 1.82) is 0 Å². The number of nitro benzene ring substituents is 1. The number of nitrogens with zero attached hydrogens (tertiary/aromatic N) is 2. The fraction of sp³-hybridized carbons (Fsp3) is 0.250. The summed E-state index contributed by atoms with van der Waals surface area (Å²) < 4.78 is 30.7. The number of likely N-dealkylation sites (N-methyl/N-ethyl adjacent to an activating group) is 1. The van der Waals surface area contributed by atoms with Crippen LogP contribution in [0.4, 0.5) is 5.69 Å². The number of ether oxygens (including phenoxy) is 1. The number of benzene rings is 2. The number of methoxy groups -OCH3 is 1. The van der Waals surface area contributed by atoms with E-state index in [0.717, 1.165) is 15.9 Å². The van der Waals surface area contributed by atoms with Crippen LogP contribution >= 0.6 is 0 Å². The largest absolute Gasteiger partial charge is 0.490 e. The highest BCUT2D eigenvalue weighted by Gasteiger charge is 2.23. The maximum Gasteiger partial charge on any atom is 0.311 e. The first kappa shape index (κ1) is 26.2. The minimum atomic E-state index is -3.91. The number of hydrogen-bond donors (Lipinski definition) is 3. The Morgan fingerprint density at radius 1 is 1.06 bits per heavy atom. The van der Waals surface area contributed by atoms with Gasteiger partial charge in [0.1, 0.15) is 0 Å². The third-order valence-corrected chi connectivity index (χ3v) is 6.30. The van der Waals surface area contributed by atoms with E-state index in [1.165, 1.54) is 38.4 Å². The molecule has 34 heavy (non-hydrogen) atoms. The van der Waals surface area contributed by atoms with E-state index in [-0.39, 0.29) is 16.2 Å². The van der Waals surface area contributed by atoms with Gasteiger partial charge >= 0.3 is 5.69 Å². The lowest BCUT2D eigenvalue weighted by molar-refractivity contribution is -0.385. The molecule has 0 unspecified atom stereocenters. The van der Waals surface area contributed by atoms with E-state index in [2.05, 4.69) is 5.32 Å². The molecule has 0 aromatic heterocycles. The fourth-order valence-electron chi connectivity index (χ4n) is 2.64. The first-order chi connectivity index (χ1) is 15.9. The second kappa shape index (κ2) is 11.2. The van der Waals surface area contributed by atoms with Crippen LogP contribution in [0.1, 0.15) is 15.9 Å². The van der Waals surface area contributed by atoms with Crippen LogP contribution < -0.4 is 20.9 Å². The van der Waals surface area contributed by atoms with Gasteiger partial charge in [0.2, 0.25) is 10.0 Å². The number of sulfonamides is 1. The highest BCUT2D eigenvalue weighted by Crippen LogP contribution is 2.27. The molecule has 0 spiro atoms. The number of nitro groups is 1. The quantitative estimate of drug-likeness (QED) is 0.325. The Kier molecular flexibility index (Phi) is 8.64. The predicted molar refractivity (Wildman–Crippen MR) is 119 cm³/mol. The van der Waals surface area contributed by atoms with Gasteiger partial charge in [-0.05, 0) is 31.2 Å². The summed E-state index contributed by atoms with van der Waals surface area (Å²) in [5.41, 5.74) is 4.46. The zero-order valence-electron chi connectivity index (χ0n) is 18.5. The summed E-state index contributed by atoms with van der Waals surface area (Å²) in [5, 5.41) is 13.3. The normalized spacial score (nSPS) is 10.9. The van der Waals surface area contributed by atoms with Crippen LogP contribution in [0.2, 0.25) is 0 Å². The number of amides is 3. The molecule has 2 aromatic carbocycles. The van der Waals surface area contributed by atoms with Crippen molar-refractivity contribution in [2.24, 2.45) is 0 Å². The van der Waals surface area contributed by atoms with E-state index in [4.69, 9.17) is 4.74 Å². The Morgan fingerprint density at radius 3 is 2.26 bits per heavy atom. The third-order valence-electron chi connectivity index (χ3n) is 4.48. The fourth-order valence-corrected chi connectivity index (χ4v) is 3.76. The Bertz CT molecular complexity index is 1200. The van der Waals surface area contributed by atoms with Crippen LogP contribution in [-0.2, 0) is 19.6 Å². The highest BCUT2D eigenvalue weighted by molar-refractivity contribution is 7.89. The highest BCUT2D eigenvalue weighted by atomic mass is 32.2. The molecule has 0 atom stereocenters. The van der Waals surface area contributed by atoms with Gasteiger partial charge < -0.3 is 10.1 Å². The molecule has 0 heterocycles. The lowest BCUT2D eigenvalue weighted by Gasteiger charge is -2.17.